The first-order valence-corrected chi connectivity index (χ1v) is 9.28. The van der Waals surface area contributed by atoms with E-state index in [1.165, 1.54) is 23.9 Å². The van der Waals surface area contributed by atoms with Crippen LogP contribution in [-0.2, 0) is 12.2 Å². The fourth-order valence-corrected chi connectivity index (χ4v) is 3.63. The molecule has 0 unspecified atom stereocenters. The fraction of sp³-hybridized carbons (Fsp3) is 0.235. The smallest absolute Gasteiger partial charge is 0.336 e. The molecular weight excluding hydrogens is 392 g/mol. The topological polar surface area (TPSA) is 76.0 Å². The fourth-order valence-electron chi connectivity index (χ4n) is 2.41. The van der Waals surface area contributed by atoms with E-state index in [2.05, 4.69) is 25.9 Å². The minimum absolute atomic E-state index is 0.155. The molecule has 0 saturated heterocycles. The molecule has 0 amide bonds. The Balaban J connectivity index is 1.91. The summed E-state index contributed by atoms with van der Waals surface area (Å²) >= 11 is 4.77. The van der Waals surface area contributed by atoms with Crippen molar-refractivity contribution < 1.29 is 4.42 Å². The highest BCUT2D eigenvalue weighted by Crippen LogP contribution is 2.26. The van der Waals surface area contributed by atoms with Crippen LogP contribution in [0.3, 0.4) is 0 Å². The van der Waals surface area contributed by atoms with Gasteiger partial charge in [-0.25, -0.2) is 9.78 Å². The Morgan fingerprint density at radius 3 is 2.88 bits per heavy atom. The third kappa shape index (κ3) is 3.96. The molecule has 0 aliphatic carbocycles. The van der Waals surface area contributed by atoms with Gasteiger partial charge in [0.15, 0.2) is 5.16 Å². The molecule has 7 heteroatoms. The first kappa shape index (κ1) is 17.0. The van der Waals surface area contributed by atoms with Crippen molar-refractivity contribution in [3.05, 3.63) is 66.8 Å². The van der Waals surface area contributed by atoms with E-state index in [1.54, 1.807) is 6.07 Å². The Hall–Kier alpha value is -1.86. The van der Waals surface area contributed by atoms with Gasteiger partial charge < -0.3 is 9.40 Å². The molecule has 24 heavy (non-hydrogen) atoms. The maximum atomic E-state index is 11.8. The number of nitrogens with zero attached hydrogens (tertiary/aromatic N) is 1. The van der Waals surface area contributed by atoms with Crippen molar-refractivity contribution in [1.82, 2.24) is 9.97 Å². The average Bonchev–Trinajstić information content (AvgIpc) is 2.52. The van der Waals surface area contributed by atoms with Crippen LogP contribution >= 0.6 is 27.7 Å². The maximum absolute atomic E-state index is 11.8. The van der Waals surface area contributed by atoms with Gasteiger partial charge in [0.1, 0.15) is 5.58 Å². The number of hydrogen-bond acceptors (Lipinski definition) is 5. The second-order valence-electron chi connectivity index (χ2n) is 5.31. The van der Waals surface area contributed by atoms with Gasteiger partial charge in [0.05, 0.1) is 0 Å². The van der Waals surface area contributed by atoms with E-state index < -0.39 is 5.63 Å². The van der Waals surface area contributed by atoms with Crippen LogP contribution < -0.4 is 11.2 Å². The molecule has 3 rings (SSSR count). The molecule has 5 nitrogen and oxygen atoms in total. The molecule has 0 bridgehead atoms. The van der Waals surface area contributed by atoms with Crippen molar-refractivity contribution in [3.8, 4) is 0 Å². The van der Waals surface area contributed by atoms with Crippen LogP contribution in [0.1, 0.15) is 24.6 Å². The monoisotopic (exact) mass is 406 g/mol. The highest BCUT2D eigenvalue weighted by molar-refractivity contribution is 9.10. The number of nitrogens with one attached hydrogen (secondary N) is 1. The minimum atomic E-state index is -0.391. The quantitative estimate of drug-likeness (QED) is 0.395. The predicted molar refractivity (Wildman–Crippen MR) is 98.6 cm³/mol. The molecular formula is C17H15BrN2O3S. The van der Waals surface area contributed by atoms with E-state index in [0.29, 0.717) is 16.5 Å². The molecule has 0 aliphatic rings. The summed E-state index contributed by atoms with van der Waals surface area (Å²) in [5, 5.41) is 1.43. The van der Waals surface area contributed by atoms with Crippen LogP contribution in [0.15, 0.2) is 54.0 Å². The molecule has 1 N–H and O–H groups in total. The summed E-state index contributed by atoms with van der Waals surface area (Å²) in [6, 6.07) is 8.59. The lowest BCUT2D eigenvalue weighted by Gasteiger charge is -2.06. The summed E-state index contributed by atoms with van der Waals surface area (Å²) in [7, 11) is 0. The summed E-state index contributed by atoms with van der Waals surface area (Å²) in [5.41, 5.74) is 1.62. The Morgan fingerprint density at radius 2 is 2.08 bits per heavy atom. The highest BCUT2D eigenvalue weighted by atomic mass is 79.9. The SMILES string of the molecule is CCCc1cc(=O)[nH]c(SCc2cc(=O)oc3cc(Br)ccc23)n1. The van der Waals surface area contributed by atoms with Gasteiger partial charge >= 0.3 is 5.63 Å². The molecule has 1 aromatic carbocycles. The van der Waals surface area contributed by atoms with Crippen LogP contribution in [0.25, 0.3) is 11.0 Å². The number of aromatic amines is 1. The van der Waals surface area contributed by atoms with E-state index >= 15 is 0 Å². The zero-order chi connectivity index (χ0) is 17.1. The lowest BCUT2D eigenvalue weighted by Crippen LogP contribution is -2.10. The van der Waals surface area contributed by atoms with Crippen molar-refractivity contribution in [2.45, 2.75) is 30.7 Å². The number of hydrogen-bond donors (Lipinski definition) is 1. The van der Waals surface area contributed by atoms with Crippen LogP contribution in [-0.4, -0.2) is 9.97 Å². The van der Waals surface area contributed by atoms with Crippen LogP contribution in [0.4, 0.5) is 0 Å². The Morgan fingerprint density at radius 1 is 1.25 bits per heavy atom. The minimum Gasteiger partial charge on any atom is -0.423 e. The number of rotatable bonds is 5. The first-order valence-electron chi connectivity index (χ1n) is 7.50. The third-order valence-corrected chi connectivity index (χ3v) is 4.85. The molecule has 2 heterocycles. The maximum Gasteiger partial charge on any atom is 0.336 e. The summed E-state index contributed by atoms with van der Waals surface area (Å²) in [6.07, 6.45) is 1.70. The predicted octanol–water partition coefficient (Wildman–Crippen LogP) is 3.88. The Labute approximate surface area is 150 Å². The van der Waals surface area contributed by atoms with Crippen molar-refractivity contribution in [2.24, 2.45) is 0 Å². The Kier molecular flexibility index (Phi) is 5.20. The summed E-state index contributed by atoms with van der Waals surface area (Å²) < 4.78 is 6.09. The van der Waals surface area contributed by atoms with E-state index in [0.717, 1.165) is 34.0 Å². The number of aryl methyl sites for hydroxylation is 1. The molecule has 0 spiro atoms. The second-order valence-corrected chi connectivity index (χ2v) is 7.19. The number of benzene rings is 1. The van der Waals surface area contributed by atoms with Gasteiger partial charge in [-0.1, -0.05) is 41.0 Å². The van der Waals surface area contributed by atoms with E-state index in [4.69, 9.17) is 4.42 Å². The summed E-state index contributed by atoms with van der Waals surface area (Å²) in [4.78, 5) is 30.7. The Bertz CT molecular complexity index is 997. The van der Waals surface area contributed by atoms with Gasteiger partial charge in [0.25, 0.3) is 5.56 Å². The van der Waals surface area contributed by atoms with Gasteiger partial charge in [-0.05, 0) is 30.2 Å². The molecule has 2 aromatic heterocycles. The zero-order valence-electron chi connectivity index (χ0n) is 13.0. The lowest BCUT2D eigenvalue weighted by molar-refractivity contribution is 0.559. The number of H-pyrrole nitrogens is 1. The number of halogens is 1. The largest absolute Gasteiger partial charge is 0.423 e. The van der Waals surface area contributed by atoms with Gasteiger partial charge in [-0.2, -0.15) is 0 Å². The van der Waals surface area contributed by atoms with Crippen molar-refractivity contribution in [1.29, 1.82) is 0 Å². The van der Waals surface area contributed by atoms with Crippen molar-refractivity contribution in [3.63, 3.8) is 0 Å². The summed E-state index contributed by atoms with van der Waals surface area (Å²) in [6.45, 7) is 2.04. The first-order chi connectivity index (χ1) is 11.5. The van der Waals surface area contributed by atoms with Crippen LogP contribution in [0.5, 0.6) is 0 Å². The summed E-state index contributed by atoms with van der Waals surface area (Å²) in [5.74, 6) is 0.516. The highest BCUT2D eigenvalue weighted by Gasteiger charge is 2.08. The number of aromatic nitrogens is 2. The number of fused-ring (bicyclic) bond motifs is 1. The van der Waals surface area contributed by atoms with Gasteiger partial charge in [-0.3, -0.25) is 4.79 Å². The van der Waals surface area contributed by atoms with Crippen molar-refractivity contribution in [2.75, 3.05) is 0 Å². The van der Waals surface area contributed by atoms with Crippen molar-refractivity contribution >= 4 is 38.7 Å². The van der Waals surface area contributed by atoms with E-state index in [1.807, 2.05) is 19.1 Å². The molecule has 0 saturated carbocycles. The van der Waals surface area contributed by atoms with Gasteiger partial charge in [0.2, 0.25) is 0 Å². The number of thioether (sulfide) groups is 1. The van der Waals surface area contributed by atoms with Crippen LogP contribution in [0.2, 0.25) is 0 Å². The van der Waals surface area contributed by atoms with Gasteiger partial charge in [0, 0.05) is 33.4 Å². The molecule has 0 fully saturated rings. The van der Waals surface area contributed by atoms with Gasteiger partial charge in [-0.15, -0.1) is 0 Å². The molecule has 0 aliphatic heterocycles. The average molecular weight is 407 g/mol. The second kappa shape index (κ2) is 7.36. The van der Waals surface area contributed by atoms with Crippen LogP contribution in [0, 0.1) is 0 Å². The molecule has 0 atom stereocenters. The molecule has 124 valence electrons. The standard InChI is InChI=1S/C17H15BrN2O3S/c1-2-3-12-8-15(21)20-17(19-12)24-9-10-6-16(22)23-14-7-11(18)4-5-13(10)14/h4-8H,2-3,9H2,1H3,(H,19,20,21). The molecule has 3 aromatic rings. The third-order valence-electron chi connectivity index (χ3n) is 3.44. The zero-order valence-corrected chi connectivity index (χ0v) is 15.4. The lowest BCUT2D eigenvalue weighted by atomic mass is 10.1. The van der Waals surface area contributed by atoms with E-state index in [-0.39, 0.29) is 5.56 Å². The molecule has 0 radical (unpaired) electrons. The van der Waals surface area contributed by atoms with E-state index in [9.17, 15) is 9.59 Å². The normalized spacial score (nSPS) is 11.1.